The summed E-state index contributed by atoms with van der Waals surface area (Å²) in [5, 5.41) is 8.31. The number of halogens is 2. The van der Waals surface area contributed by atoms with Crippen LogP contribution in [0, 0.1) is 0 Å². The number of amides is 1. The van der Waals surface area contributed by atoms with Gasteiger partial charge in [-0.25, -0.2) is 8.78 Å². The molecule has 1 aliphatic heterocycles. The lowest BCUT2D eigenvalue weighted by molar-refractivity contribution is -0.0110. The Morgan fingerprint density at radius 2 is 2.16 bits per heavy atom. The minimum atomic E-state index is -2.70. The number of hydrogen-bond acceptors (Lipinski definition) is 4. The second kappa shape index (κ2) is 8.06. The van der Waals surface area contributed by atoms with Crippen LogP contribution < -0.4 is 10.1 Å². The maximum absolute atomic E-state index is 12.5. The van der Waals surface area contributed by atoms with E-state index < -0.39 is 12.3 Å². The Hall–Kier alpha value is -2.48. The molecule has 0 saturated carbocycles. The lowest BCUT2D eigenvalue weighted by atomic mass is 10.1. The van der Waals surface area contributed by atoms with Crippen molar-refractivity contribution in [3.8, 4) is 5.75 Å². The molecule has 6 nitrogen and oxygen atoms in total. The standard InChI is InChI=1S/C17H19F2N3O3/c18-16(19)14-9-15(22-21-14)17(23)20-11-4-6-12(7-5-11)25-10-13-3-1-2-8-24-13/h4-7,9,13,16H,1-3,8,10H2,(H,20,23)(H,21,22). The molecule has 2 heterocycles. The first kappa shape index (κ1) is 17.3. The van der Waals surface area contributed by atoms with Crippen LogP contribution in [0.2, 0.25) is 0 Å². The van der Waals surface area contributed by atoms with Gasteiger partial charge in [0, 0.05) is 12.3 Å². The molecule has 134 valence electrons. The fraction of sp³-hybridized carbons (Fsp3) is 0.412. The summed E-state index contributed by atoms with van der Waals surface area (Å²) in [6.45, 7) is 1.27. The van der Waals surface area contributed by atoms with Crippen LogP contribution in [0.1, 0.15) is 41.9 Å². The van der Waals surface area contributed by atoms with Crippen LogP contribution in [0.5, 0.6) is 5.75 Å². The number of hydrogen-bond donors (Lipinski definition) is 2. The highest BCUT2D eigenvalue weighted by Gasteiger charge is 2.16. The van der Waals surface area contributed by atoms with Gasteiger partial charge in [0.05, 0.1) is 6.10 Å². The number of nitrogens with zero attached hydrogens (tertiary/aromatic N) is 1. The van der Waals surface area contributed by atoms with E-state index in [9.17, 15) is 13.6 Å². The molecular weight excluding hydrogens is 332 g/mol. The van der Waals surface area contributed by atoms with Crippen LogP contribution in [0.15, 0.2) is 30.3 Å². The molecule has 1 aliphatic rings. The van der Waals surface area contributed by atoms with Crippen LogP contribution in [0.25, 0.3) is 0 Å². The van der Waals surface area contributed by atoms with Gasteiger partial charge in [0.15, 0.2) is 5.69 Å². The van der Waals surface area contributed by atoms with Gasteiger partial charge in [-0.3, -0.25) is 9.89 Å². The largest absolute Gasteiger partial charge is 0.491 e. The zero-order valence-corrected chi connectivity index (χ0v) is 13.5. The molecule has 3 rings (SSSR count). The van der Waals surface area contributed by atoms with Crippen molar-refractivity contribution >= 4 is 11.6 Å². The smallest absolute Gasteiger partial charge is 0.279 e. The zero-order valence-electron chi connectivity index (χ0n) is 13.5. The molecule has 1 saturated heterocycles. The Morgan fingerprint density at radius 1 is 1.36 bits per heavy atom. The van der Waals surface area contributed by atoms with Crippen LogP contribution in [0.4, 0.5) is 14.5 Å². The summed E-state index contributed by atoms with van der Waals surface area (Å²) in [6, 6.07) is 7.84. The molecule has 1 aromatic heterocycles. The van der Waals surface area contributed by atoms with Gasteiger partial charge in [-0.1, -0.05) is 0 Å². The predicted octanol–water partition coefficient (Wildman–Crippen LogP) is 3.55. The minimum absolute atomic E-state index is 0.0925. The third-order valence-electron chi connectivity index (χ3n) is 3.89. The Kier molecular flexibility index (Phi) is 5.60. The third-order valence-corrected chi connectivity index (χ3v) is 3.89. The van der Waals surface area contributed by atoms with E-state index in [1.54, 1.807) is 24.3 Å². The molecule has 0 bridgehead atoms. The van der Waals surface area contributed by atoms with E-state index in [-0.39, 0.29) is 17.5 Å². The molecular formula is C17H19F2N3O3. The molecule has 25 heavy (non-hydrogen) atoms. The van der Waals surface area contributed by atoms with Gasteiger partial charge < -0.3 is 14.8 Å². The van der Waals surface area contributed by atoms with Crippen molar-refractivity contribution in [3.63, 3.8) is 0 Å². The molecule has 2 N–H and O–H groups in total. The van der Waals surface area contributed by atoms with Gasteiger partial charge in [0.1, 0.15) is 18.1 Å². The average Bonchev–Trinajstić information content (AvgIpc) is 3.13. The number of aromatic nitrogens is 2. The number of aromatic amines is 1. The molecule has 1 unspecified atom stereocenters. The lowest BCUT2D eigenvalue weighted by Crippen LogP contribution is -2.25. The Labute approximate surface area is 143 Å². The van der Waals surface area contributed by atoms with Gasteiger partial charge in [-0.05, 0) is 49.6 Å². The number of ether oxygens (including phenoxy) is 2. The highest BCUT2D eigenvalue weighted by Crippen LogP contribution is 2.20. The van der Waals surface area contributed by atoms with Gasteiger partial charge in [0.2, 0.25) is 0 Å². The number of benzene rings is 1. The Morgan fingerprint density at radius 3 is 2.80 bits per heavy atom. The van der Waals surface area contributed by atoms with Crippen molar-refractivity contribution in [1.29, 1.82) is 0 Å². The number of rotatable bonds is 6. The van der Waals surface area contributed by atoms with Crippen molar-refractivity contribution in [2.24, 2.45) is 0 Å². The van der Waals surface area contributed by atoms with E-state index in [1.807, 2.05) is 0 Å². The molecule has 8 heteroatoms. The van der Waals surface area contributed by atoms with Crippen LogP contribution in [-0.2, 0) is 4.74 Å². The Bertz CT molecular complexity index is 697. The van der Waals surface area contributed by atoms with Crippen LogP contribution >= 0.6 is 0 Å². The zero-order chi connectivity index (χ0) is 17.6. The molecule has 0 aliphatic carbocycles. The highest BCUT2D eigenvalue weighted by atomic mass is 19.3. The van der Waals surface area contributed by atoms with Crippen molar-refractivity contribution in [3.05, 3.63) is 41.7 Å². The second-order valence-electron chi connectivity index (χ2n) is 5.79. The number of carbonyl (C=O) groups is 1. The number of alkyl halides is 2. The molecule has 0 spiro atoms. The van der Waals surface area contributed by atoms with Gasteiger partial charge >= 0.3 is 0 Å². The first-order valence-corrected chi connectivity index (χ1v) is 8.11. The summed E-state index contributed by atoms with van der Waals surface area (Å²) in [5.41, 5.74) is 0.0387. The summed E-state index contributed by atoms with van der Waals surface area (Å²) in [5.74, 6) is 0.111. The highest BCUT2D eigenvalue weighted by molar-refractivity contribution is 6.02. The first-order chi connectivity index (χ1) is 12.1. The number of nitrogens with one attached hydrogen (secondary N) is 2. The van der Waals surface area contributed by atoms with Gasteiger partial charge in [-0.15, -0.1) is 0 Å². The van der Waals surface area contributed by atoms with Crippen molar-refractivity contribution < 1.29 is 23.0 Å². The van der Waals surface area contributed by atoms with Crippen molar-refractivity contribution in [1.82, 2.24) is 10.2 Å². The second-order valence-corrected chi connectivity index (χ2v) is 5.79. The topological polar surface area (TPSA) is 76.2 Å². The summed E-state index contributed by atoms with van der Waals surface area (Å²) >= 11 is 0. The predicted molar refractivity (Wildman–Crippen MR) is 87.0 cm³/mol. The maximum atomic E-state index is 12.5. The van der Waals surface area contributed by atoms with Crippen molar-refractivity contribution in [2.45, 2.75) is 31.8 Å². The molecule has 1 atom stereocenters. The number of H-pyrrole nitrogens is 1. The number of anilines is 1. The summed E-state index contributed by atoms with van der Waals surface area (Å²) in [4.78, 5) is 12.0. The average molecular weight is 351 g/mol. The van der Waals surface area contributed by atoms with E-state index in [1.165, 1.54) is 0 Å². The fourth-order valence-electron chi connectivity index (χ4n) is 2.52. The summed E-state index contributed by atoms with van der Waals surface area (Å²) in [6.07, 6.45) is 0.674. The van der Waals surface area contributed by atoms with Gasteiger partial charge in [0.25, 0.3) is 12.3 Å². The normalized spacial score (nSPS) is 17.5. The monoisotopic (exact) mass is 351 g/mol. The van der Waals surface area contributed by atoms with Gasteiger partial charge in [-0.2, -0.15) is 5.10 Å². The molecule has 1 aromatic carbocycles. The van der Waals surface area contributed by atoms with Crippen molar-refractivity contribution in [2.75, 3.05) is 18.5 Å². The first-order valence-electron chi connectivity index (χ1n) is 8.11. The van der Waals surface area contributed by atoms with E-state index in [4.69, 9.17) is 9.47 Å². The fourth-order valence-corrected chi connectivity index (χ4v) is 2.52. The molecule has 0 radical (unpaired) electrons. The quantitative estimate of drug-likeness (QED) is 0.834. The van der Waals surface area contributed by atoms with E-state index >= 15 is 0 Å². The summed E-state index contributed by atoms with van der Waals surface area (Å²) in [7, 11) is 0. The number of carbonyl (C=O) groups excluding carboxylic acids is 1. The summed E-state index contributed by atoms with van der Waals surface area (Å²) < 4.78 is 36.3. The van der Waals surface area contributed by atoms with Crippen LogP contribution in [0.3, 0.4) is 0 Å². The van der Waals surface area contributed by atoms with E-state index in [2.05, 4.69) is 15.5 Å². The molecule has 1 amide bonds. The molecule has 2 aromatic rings. The van der Waals surface area contributed by atoms with E-state index in [0.29, 0.717) is 18.0 Å². The molecule has 1 fully saturated rings. The Balaban J connectivity index is 1.51. The maximum Gasteiger partial charge on any atom is 0.279 e. The lowest BCUT2D eigenvalue weighted by Gasteiger charge is -2.22. The minimum Gasteiger partial charge on any atom is -0.491 e. The SMILES string of the molecule is O=C(Nc1ccc(OCC2CCCCO2)cc1)c1cc(C(F)F)[nH]n1. The third kappa shape index (κ3) is 4.76. The van der Waals surface area contributed by atoms with Crippen LogP contribution in [-0.4, -0.2) is 35.4 Å². The van der Waals surface area contributed by atoms with E-state index in [0.717, 1.165) is 31.9 Å².